The molecule has 1 unspecified atom stereocenters. The lowest BCUT2D eigenvalue weighted by molar-refractivity contribution is -0.129. The van der Waals surface area contributed by atoms with E-state index in [9.17, 15) is 18.8 Å². The molecule has 0 radical (unpaired) electrons. The van der Waals surface area contributed by atoms with Gasteiger partial charge in [-0.15, -0.1) is 0 Å². The molecule has 0 spiro atoms. The minimum absolute atomic E-state index is 0.00964. The number of amides is 3. The Labute approximate surface area is 219 Å². The number of likely N-dealkylation sites (tertiary alicyclic amines) is 1. The quantitative estimate of drug-likeness (QED) is 0.473. The fourth-order valence-corrected chi connectivity index (χ4v) is 4.61. The molecule has 12 heteroatoms. The topological polar surface area (TPSA) is 139 Å². The summed E-state index contributed by atoms with van der Waals surface area (Å²) in [6, 6.07) is 2.98. The van der Waals surface area contributed by atoms with Gasteiger partial charge in [0.1, 0.15) is 18.3 Å². The van der Waals surface area contributed by atoms with E-state index in [1.54, 1.807) is 20.2 Å². The van der Waals surface area contributed by atoms with Crippen molar-refractivity contribution in [3.63, 3.8) is 0 Å². The number of nitrogens with two attached hydrogens (primary N) is 1. The lowest BCUT2D eigenvalue weighted by Crippen LogP contribution is -2.45. The van der Waals surface area contributed by atoms with Crippen LogP contribution >= 0.6 is 0 Å². The van der Waals surface area contributed by atoms with Crippen LogP contribution in [0.2, 0.25) is 0 Å². The maximum Gasteiger partial charge on any atom is 0.277 e. The zero-order valence-corrected chi connectivity index (χ0v) is 21.9. The van der Waals surface area contributed by atoms with Gasteiger partial charge in [0.15, 0.2) is 11.3 Å². The predicted molar refractivity (Wildman–Crippen MR) is 141 cm³/mol. The summed E-state index contributed by atoms with van der Waals surface area (Å²) in [7, 11) is 3.40. The number of nitrogens with zero attached hydrogens (tertiary/aromatic N) is 6. The van der Waals surface area contributed by atoms with Crippen LogP contribution in [0.15, 0.2) is 31.1 Å². The minimum atomic E-state index is -1.28. The van der Waals surface area contributed by atoms with E-state index in [-0.39, 0.29) is 60.3 Å². The predicted octanol–water partition coefficient (Wildman–Crippen LogP) is 2.21. The van der Waals surface area contributed by atoms with Crippen molar-refractivity contribution in [2.24, 2.45) is 0 Å². The third-order valence-corrected chi connectivity index (χ3v) is 6.93. The Kier molecular flexibility index (Phi) is 7.42. The number of aromatic nitrogens is 4. The first-order chi connectivity index (χ1) is 18.0. The molecule has 3 heterocycles. The molecule has 2 aromatic heterocycles. The Bertz CT molecular complexity index is 1430. The summed E-state index contributed by atoms with van der Waals surface area (Å²) >= 11 is 0. The average Bonchev–Trinajstić information content (AvgIpc) is 3.28. The van der Waals surface area contributed by atoms with E-state index < -0.39 is 18.1 Å². The van der Waals surface area contributed by atoms with Crippen LogP contribution in [-0.4, -0.2) is 80.6 Å². The second kappa shape index (κ2) is 10.6. The molecule has 1 aliphatic rings. The van der Waals surface area contributed by atoms with E-state index in [1.807, 2.05) is 19.9 Å². The number of nitrogen functional groups attached to an aromatic ring is 1. The molecule has 4 rings (SSSR count). The van der Waals surface area contributed by atoms with Gasteiger partial charge < -0.3 is 20.9 Å². The van der Waals surface area contributed by atoms with Crippen molar-refractivity contribution in [2.75, 3.05) is 38.2 Å². The SMILES string of the molecule is C=CC(=O)N1CC(F)C[C@@H](n2nc(C(=O)Nc3ccc(CC(=O)N(C)C)c(C)c3C)c3c(N)ncnc32)C1. The molecule has 0 bridgehead atoms. The average molecular weight is 523 g/mol. The van der Waals surface area contributed by atoms with Gasteiger partial charge in [-0.2, -0.15) is 5.10 Å². The fourth-order valence-electron chi connectivity index (χ4n) is 4.61. The van der Waals surface area contributed by atoms with Crippen LogP contribution in [0, 0.1) is 13.8 Å². The van der Waals surface area contributed by atoms with Gasteiger partial charge in [0.25, 0.3) is 5.91 Å². The molecule has 11 nitrogen and oxygen atoms in total. The van der Waals surface area contributed by atoms with E-state index in [0.717, 1.165) is 22.8 Å². The van der Waals surface area contributed by atoms with Crippen LogP contribution in [-0.2, 0) is 16.0 Å². The highest BCUT2D eigenvalue weighted by molar-refractivity contribution is 6.13. The summed E-state index contributed by atoms with van der Waals surface area (Å²) in [5, 5.41) is 7.62. The highest BCUT2D eigenvalue weighted by Gasteiger charge is 2.33. The standard InChI is InChI=1S/C26H31FN8O3/c1-6-20(36)34-11-17(27)10-18(12-34)35-25-22(24(28)29-13-30-25)23(32-35)26(38)31-19-8-7-16(14(2)15(19)3)9-21(37)33(4)5/h6-8,13,17-18H,1,9-12H2,2-5H3,(H,31,38)(H2,28,29,30)/t17?,18-/m1/s1. The van der Waals surface area contributed by atoms with Crippen LogP contribution < -0.4 is 11.1 Å². The van der Waals surface area contributed by atoms with Gasteiger partial charge in [0, 0.05) is 32.7 Å². The second-order valence-electron chi connectivity index (χ2n) is 9.63. The van der Waals surface area contributed by atoms with Crippen LogP contribution in [0.5, 0.6) is 0 Å². The van der Waals surface area contributed by atoms with Gasteiger partial charge in [-0.05, 0) is 42.7 Å². The number of carbonyl (C=O) groups is 3. The maximum absolute atomic E-state index is 14.6. The molecule has 200 valence electrons. The van der Waals surface area contributed by atoms with Gasteiger partial charge in [0.05, 0.1) is 24.4 Å². The second-order valence-corrected chi connectivity index (χ2v) is 9.63. The minimum Gasteiger partial charge on any atom is -0.383 e. The Morgan fingerprint density at radius 3 is 2.63 bits per heavy atom. The maximum atomic E-state index is 14.6. The third-order valence-electron chi connectivity index (χ3n) is 6.93. The number of carbonyl (C=O) groups excluding carboxylic acids is 3. The molecule has 1 saturated heterocycles. The molecule has 0 saturated carbocycles. The first-order valence-electron chi connectivity index (χ1n) is 12.2. The normalized spacial score (nSPS) is 17.3. The Morgan fingerprint density at radius 2 is 1.95 bits per heavy atom. The number of hydrogen-bond donors (Lipinski definition) is 2. The van der Waals surface area contributed by atoms with Crippen molar-refractivity contribution in [3.8, 4) is 0 Å². The number of alkyl halides is 1. The van der Waals surface area contributed by atoms with Gasteiger partial charge >= 0.3 is 0 Å². The van der Waals surface area contributed by atoms with Crippen molar-refractivity contribution in [3.05, 3.63) is 53.5 Å². The molecular weight excluding hydrogens is 491 g/mol. The van der Waals surface area contributed by atoms with Gasteiger partial charge in [-0.25, -0.2) is 19.0 Å². The molecular formula is C26H31FN8O3. The van der Waals surface area contributed by atoms with Crippen LogP contribution in [0.4, 0.5) is 15.9 Å². The van der Waals surface area contributed by atoms with Crippen molar-refractivity contribution in [1.82, 2.24) is 29.5 Å². The largest absolute Gasteiger partial charge is 0.383 e. The number of benzene rings is 1. The van der Waals surface area contributed by atoms with E-state index in [0.29, 0.717) is 5.69 Å². The lowest BCUT2D eigenvalue weighted by atomic mass is 9.98. The number of anilines is 2. The molecule has 3 aromatic rings. The van der Waals surface area contributed by atoms with Crippen molar-refractivity contribution in [1.29, 1.82) is 0 Å². The number of nitrogens with one attached hydrogen (secondary N) is 1. The number of rotatable bonds is 6. The molecule has 1 aromatic carbocycles. The first-order valence-corrected chi connectivity index (χ1v) is 12.2. The summed E-state index contributed by atoms with van der Waals surface area (Å²) < 4.78 is 16.1. The smallest absolute Gasteiger partial charge is 0.277 e. The molecule has 0 aliphatic carbocycles. The number of halogens is 1. The summed E-state index contributed by atoms with van der Waals surface area (Å²) in [6.07, 6.45) is 1.45. The lowest BCUT2D eigenvalue weighted by Gasteiger charge is -2.34. The monoisotopic (exact) mass is 522 g/mol. The van der Waals surface area contributed by atoms with Crippen molar-refractivity contribution in [2.45, 2.75) is 38.9 Å². The highest BCUT2D eigenvalue weighted by Crippen LogP contribution is 2.31. The number of hydrogen-bond acceptors (Lipinski definition) is 7. The van der Waals surface area contributed by atoms with Crippen molar-refractivity contribution >= 4 is 40.3 Å². The van der Waals surface area contributed by atoms with E-state index >= 15 is 0 Å². The Hall–Kier alpha value is -4.35. The summed E-state index contributed by atoms with van der Waals surface area (Å²) in [6.45, 7) is 7.37. The van der Waals surface area contributed by atoms with E-state index in [1.165, 1.54) is 20.8 Å². The number of fused-ring (bicyclic) bond motifs is 1. The molecule has 3 amide bonds. The van der Waals surface area contributed by atoms with Crippen LogP contribution in [0.1, 0.15) is 39.6 Å². The molecule has 1 aliphatic heterocycles. The summed E-state index contributed by atoms with van der Waals surface area (Å²) in [5.74, 6) is -0.893. The van der Waals surface area contributed by atoms with Crippen LogP contribution in [0.3, 0.4) is 0 Å². The van der Waals surface area contributed by atoms with E-state index in [2.05, 4.69) is 27.0 Å². The zero-order valence-electron chi connectivity index (χ0n) is 21.9. The van der Waals surface area contributed by atoms with Gasteiger partial charge in [-0.3, -0.25) is 14.4 Å². The van der Waals surface area contributed by atoms with Gasteiger partial charge in [0.2, 0.25) is 11.8 Å². The van der Waals surface area contributed by atoms with E-state index in [4.69, 9.17) is 5.73 Å². The number of likely N-dealkylation sites (N-methyl/N-ethyl adjacent to an activating group) is 1. The first kappa shape index (κ1) is 26.7. The molecule has 1 fully saturated rings. The zero-order chi connectivity index (χ0) is 27.7. The third kappa shape index (κ3) is 5.06. The Morgan fingerprint density at radius 1 is 1.21 bits per heavy atom. The molecule has 38 heavy (non-hydrogen) atoms. The highest BCUT2D eigenvalue weighted by atomic mass is 19.1. The van der Waals surface area contributed by atoms with Crippen molar-refractivity contribution < 1.29 is 18.8 Å². The fraction of sp³-hybridized carbons (Fsp3) is 0.385. The molecule has 2 atom stereocenters. The summed E-state index contributed by atoms with van der Waals surface area (Å²) in [5.41, 5.74) is 9.51. The van der Waals surface area contributed by atoms with Crippen LogP contribution in [0.25, 0.3) is 11.0 Å². The molecule has 3 N–H and O–H groups in total. The summed E-state index contributed by atoms with van der Waals surface area (Å²) in [4.78, 5) is 49.0. The Balaban J connectivity index is 1.68. The van der Waals surface area contributed by atoms with Gasteiger partial charge in [-0.1, -0.05) is 12.6 Å². The number of piperidine rings is 1.